The van der Waals surface area contributed by atoms with Crippen LogP contribution in [-0.2, 0) is 13.8 Å². The van der Waals surface area contributed by atoms with E-state index in [0.29, 0.717) is 0 Å². The van der Waals surface area contributed by atoms with Crippen LogP contribution in [0.2, 0.25) is 0 Å². The summed E-state index contributed by atoms with van der Waals surface area (Å²) in [6.45, 7) is 0. The van der Waals surface area contributed by atoms with Crippen molar-refractivity contribution in [3.8, 4) is 0 Å². The van der Waals surface area contributed by atoms with Gasteiger partial charge in [-0.3, -0.25) is 4.70 Å². The Balaban J connectivity index is 0.00000144. The molecule has 0 aromatic rings. The Kier molecular flexibility index (Phi) is 3.68. The quantitative estimate of drug-likeness (QED) is 0.286. The van der Waals surface area contributed by atoms with E-state index in [4.69, 9.17) is 14.5 Å². The lowest BCUT2D eigenvalue weighted by atomic mass is 9.76. The summed E-state index contributed by atoms with van der Waals surface area (Å²) in [5.74, 6) is -2.39. The van der Waals surface area contributed by atoms with E-state index in [1.807, 2.05) is 0 Å². The van der Waals surface area contributed by atoms with E-state index < -0.39 is 44.1 Å². The predicted molar refractivity (Wildman–Crippen MR) is 47.3 cm³/mol. The van der Waals surface area contributed by atoms with Gasteiger partial charge in [-0.15, -0.1) is 0 Å². The lowest BCUT2D eigenvalue weighted by Gasteiger charge is -2.59. The number of phosphoric acid groups is 1. The maximum atomic E-state index is 10.6. The molecule has 3 aliphatic rings. The molecule has 3 rings (SSSR count). The van der Waals surface area contributed by atoms with E-state index in [1.165, 1.54) is 0 Å². The number of fused-ring (bicyclic) bond motifs is 2. The molecule has 9 nitrogen and oxygen atoms in total. The molecule has 3 fully saturated rings. The normalized spacial score (nSPS) is 49.2. The van der Waals surface area contributed by atoms with Crippen LogP contribution < -0.4 is 0 Å². The van der Waals surface area contributed by atoms with Crippen LogP contribution in [0.3, 0.4) is 0 Å². The second-order valence-corrected chi connectivity index (χ2v) is 4.92. The largest absolute Gasteiger partial charge is 0.472 e. The lowest BCUT2D eigenvalue weighted by molar-refractivity contribution is -0.455. The first kappa shape index (κ1) is 14.9. The average Bonchev–Trinajstić information content (AvgIpc) is 2.16. The minimum absolute atomic E-state index is 0. The Morgan fingerprint density at radius 2 is 1.59 bits per heavy atom. The van der Waals surface area contributed by atoms with Crippen LogP contribution in [0.25, 0.3) is 0 Å². The zero-order chi connectivity index (χ0) is 12.3. The number of phosphoric ester groups is 1. The van der Waals surface area contributed by atoms with Crippen LogP contribution in [0.5, 0.6) is 0 Å². The van der Waals surface area contributed by atoms with Gasteiger partial charge in [0, 0.05) is 0 Å². The van der Waals surface area contributed by atoms with Crippen LogP contribution in [0, 0.1) is 0 Å². The summed E-state index contributed by atoms with van der Waals surface area (Å²) in [5, 5.41) is 37.5. The van der Waals surface area contributed by atoms with Crippen molar-refractivity contribution in [1.82, 2.24) is 0 Å². The van der Waals surface area contributed by atoms with Gasteiger partial charge in [-0.1, -0.05) is 0 Å². The monoisotopic (exact) mass is 278 g/mol. The highest BCUT2D eigenvalue weighted by molar-refractivity contribution is 7.46. The first-order chi connectivity index (χ1) is 7.19. The maximum Gasteiger partial charge on any atom is 0.472 e. The molecule has 2 unspecified atom stereocenters. The second-order valence-electron chi connectivity index (χ2n) is 3.76. The third-order valence-corrected chi connectivity index (χ3v) is 3.25. The minimum Gasteiger partial charge on any atom is -0.387 e. The number of hydrogen-bond acceptors (Lipinski definition) is 7. The first-order valence-electron chi connectivity index (χ1n) is 4.35. The van der Waals surface area contributed by atoms with Crippen molar-refractivity contribution in [2.45, 2.75) is 36.3 Å². The molecule has 2 heterocycles. The van der Waals surface area contributed by atoms with E-state index >= 15 is 0 Å². The molecule has 0 spiro atoms. The third-order valence-electron chi connectivity index (χ3n) is 2.73. The number of aliphatic hydroxyl groups excluding tert-OH is 4. The molecule has 2 saturated heterocycles. The number of hydrogen-bond donors (Lipinski definition) is 6. The summed E-state index contributed by atoms with van der Waals surface area (Å²) in [6.07, 6.45) is -8.10. The standard InChI is InChI=1S/C6H11O9P.FH/c7-1-2(8)4(9)6(15-16(11,12)13)5(10)3(1)14-6;/h1-5,7-10H,(H2,11,12,13);1H/t1-,2+,3?,4+,5?,6-;/m1./s1. The second kappa shape index (κ2) is 4.19. The molecule has 2 aliphatic heterocycles. The Bertz CT molecular complexity index is 344. The molecule has 1 aliphatic carbocycles. The molecule has 102 valence electrons. The van der Waals surface area contributed by atoms with Crippen LogP contribution in [0.4, 0.5) is 4.70 Å². The molecular weight excluding hydrogens is 266 g/mol. The smallest absolute Gasteiger partial charge is 0.387 e. The highest BCUT2D eigenvalue weighted by atomic mass is 31.2. The van der Waals surface area contributed by atoms with Gasteiger partial charge in [0.05, 0.1) is 0 Å². The van der Waals surface area contributed by atoms with Crippen molar-refractivity contribution in [2.75, 3.05) is 0 Å². The molecule has 1 saturated carbocycles. The molecule has 6 atom stereocenters. The van der Waals surface area contributed by atoms with E-state index in [1.54, 1.807) is 0 Å². The zero-order valence-electron chi connectivity index (χ0n) is 8.15. The molecule has 11 heteroatoms. The number of halogens is 1. The van der Waals surface area contributed by atoms with Gasteiger partial charge >= 0.3 is 7.82 Å². The third kappa shape index (κ3) is 2.01. The van der Waals surface area contributed by atoms with Gasteiger partial charge < -0.3 is 34.9 Å². The fourth-order valence-corrected chi connectivity index (χ4v) is 2.57. The summed E-state index contributed by atoms with van der Waals surface area (Å²) >= 11 is 0. The summed E-state index contributed by atoms with van der Waals surface area (Å²) in [6, 6.07) is 0. The minimum atomic E-state index is -5.02. The lowest BCUT2D eigenvalue weighted by Crippen LogP contribution is -2.82. The molecular formula is C6H12FO9P. The van der Waals surface area contributed by atoms with Crippen molar-refractivity contribution in [3.05, 3.63) is 0 Å². The van der Waals surface area contributed by atoms with Crippen molar-refractivity contribution < 1.29 is 48.7 Å². The summed E-state index contributed by atoms with van der Waals surface area (Å²) in [5.41, 5.74) is 0. The van der Waals surface area contributed by atoms with Gasteiger partial charge in [0.2, 0.25) is 5.79 Å². The van der Waals surface area contributed by atoms with Crippen molar-refractivity contribution in [3.63, 3.8) is 0 Å². The van der Waals surface area contributed by atoms with Crippen LogP contribution in [-0.4, -0.2) is 66.5 Å². The van der Waals surface area contributed by atoms with E-state index in [0.717, 1.165) is 0 Å². The average molecular weight is 278 g/mol. The first-order valence-corrected chi connectivity index (χ1v) is 5.88. The molecule has 2 bridgehead atoms. The fraction of sp³-hybridized carbons (Fsp3) is 1.00. The Labute approximate surface area is 93.8 Å². The summed E-state index contributed by atoms with van der Waals surface area (Å²) in [4.78, 5) is 17.2. The Hall–Kier alpha value is -0.160. The van der Waals surface area contributed by atoms with Gasteiger partial charge in [-0.05, 0) is 0 Å². The predicted octanol–water partition coefficient (Wildman–Crippen LogP) is -3.20. The molecule has 0 aromatic carbocycles. The SMILES string of the molecule is F.O=P(O)(O)O[C@@]12OC(C1O)[C@H](O)[C@H](O)[C@@H]2O. The van der Waals surface area contributed by atoms with Crippen molar-refractivity contribution in [1.29, 1.82) is 0 Å². The highest BCUT2D eigenvalue weighted by Gasteiger charge is 2.72. The van der Waals surface area contributed by atoms with Crippen LogP contribution >= 0.6 is 7.82 Å². The van der Waals surface area contributed by atoms with Gasteiger partial charge in [-0.25, -0.2) is 9.09 Å². The fourth-order valence-electron chi connectivity index (χ4n) is 1.94. The molecule has 0 radical (unpaired) electrons. The Morgan fingerprint density at radius 3 is 2.00 bits per heavy atom. The maximum absolute atomic E-state index is 10.6. The number of aliphatic hydroxyl groups is 4. The van der Waals surface area contributed by atoms with Gasteiger partial charge in [-0.2, -0.15) is 0 Å². The summed E-state index contributed by atoms with van der Waals surface area (Å²) in [7, 11) is -5.02. The molecule has 6 N–H and O–H groups in total. The van der Waals surface area contributed by atoms with E-state index in [9.17, 15) is 25.0 Å². The highest BCUT2D eigenvalue weighted by Crippen LogP contribution is 2.54. The van der Waals surface area contributed by atoms with E-state index in [2.05, 4.69) is 4.52 Å². The van der Waals surface area contributed by atoms with Crippen LogP contribution in [0.1, 0.15) is 0 Å². The molecule has 0 aromatic heterocycles. The van der Waals surface area contributed by atoms with Crippen LogP contribution in [0.15, 0.2) is 0 Å². The Morgan fingerprint density at radius 1 is 1.06 bits per heavy atom. The van der Waals surface area contributed by atoms with Crippen molar-refractivity contribution >= 4 is 7.82 Å². The summed E-state index contributed by atoms with van der Waals surface area (Å²) < 4.78 is 19.5. The van der Waals surface area contributed by atoms with Gasteiger partial charge in [0.25, 0.3) is 0 Å². The molecule has 17 heavy (non-hydrogen) atoms. The number of ether oxygens (including phenoxy) is 1. The topological polar surface area (TPSA) is 157 Å². The molecule has 0 amide bonds. The van der Waals surface area contributed by atoms with E-state index in [-0.39, 0.29) is 4.70 Å². The van der Waals surface area contributed by atoms with Gasteiger partial charge in [0.15, 0.2) is 0 Å². The number of rotatable bonds is 2. The van der Waals surface area contributed by atoms with Gasteiger partial charge in [0.1, 0.15) is 30.5 Å². The van der Waals surface area contributed by atoms with Crippen molar-refractivity contribution in [2.24, 2.45) is 0 Å². The zero-order valence-corrected chi connectivity index (χ0v) is 9.04.